The maximum absolute atomic E-state index is 14.2. The van der Waals surface area contributed by atoms with E-state index in [2.05, 4.69) is 5.92 Å². The van der Waals surface area contributed by atoms with Gasteiger partial charge in [-0.3, -0.25) is 4.98 Å². The Morgan fingerprint density at radius 1 is 1.41 bits per heavy atom. The van der Waals surface area contributed by atoms with E-state index in [4.69, 9.17) is 16.4 Å². The predicted octanol–water partition coefficient (Wildman–Crippen LogP) is 0.276. The number of ether oxygens (including phenoxy) is 1. The Kier molecular flexibility index (Phi) is 3.87. The quantitative estimate of drug-likeness (QED) is 0.824. The lowest BCUT2D eigenvalue weighted by molar-refractivity contribution is 0.277. The molecule has 8 heteroatoms. The number of H-pyrrole nitrogens is 1. The molecule has 0 saturated carbocycles. The number of benzene rings is 1. The Labute approximate surface area is 124 Å². The summed E-state index contributed by atoms with van der Waals surface area (Å²) in [7, 11) is 1.29. The van der Waals surface area contributed by atoms with E-state index in [1.807, 2.05) is 4.98 Å². The lowest BCUT2D eigenvalue weighted by atomic mass is 10.2. The zero-order valence-electron chi connectivity index (χ0n) is 11.8. The molecule has 1 heterocycles. The van der Waals surface area contributed by atoms with Crippen LogP contribution in [-0.4, -0.2) is 20.5 Å². The first-order valence-corrected chi connectivity index (χ1v) is 6.14. The highest BCUT2D eigenvalue weighted by Gasteiger charge is 2.17. The molecule has 0 fully saturated rings. The molecule has 0 bridgehead atoms. The smallest absolute Gasteiger partial charge is 0.349 e. The molecule has 2 aromatic rings. The summed E-state index contributed by atoms with van der Waals surface area (Å²) in [6.07, 6.45) is 4.55. The highest BCUT2D eigenvalue weighted by atomic mass is 19.1. The van der Waals surface area contributed by atoms with E-state index >= 15 is 0 Å². The largest absolute Gasteiger partial charge is 0.477 e. The van der Waals surface area contributed by atoms with Gasteiger partial charge in [-0.1, -0.05) is 5.92 Å². The lowest BCUT2D eigenvalue weighted by Gasteiger charge is -2.13. The van der Waals surface area contributed by atoms with Gasteiger partial charge in [-0.2, -0.15) is 9.94 Å². The van der Waals surface area contributed by atoms with E-state index < -0.39 is 23.3 Å². The molecule has 1 N–H and O–H groups in total. The van der Waals surface area contributed by atoms with Gasteiger partial charge in [-0.15, -0.1) is 6.42 Å². The van der Waals surface area contributed by atoms with Crippen LogP contribution < -0.4 is 16.1 Å². The number of nitriles is 1. The molecule has 0 spiro atoms. The minimum Gasteiger partial charge on any atom is -0.477 e. The second kappa shape index (κ2) is 5.62. The van der Waals surface area contributed by atoms with Crippen molar-refractivity contribution in [2.24, 2.45) is 7.05 Å². The summed E-state index contributed by atoms with van der Waals surface area (Å²) >= 11 is 0. The Hall–Kier alpha value is -3.26. The molecular weight excluding hydrogens is 291 g/mol. The molecule has 0 radical (unpaired) electrons. The van der Waals surface area contributed by atoms with Crippen LogP contribution in [0.5, 0.6) is 5.75 Å². The minimum absolute atomic E-state index is 0.0184. The van der Waals surface area contributed by atoms with E-state index in [-0.39, 0.29) is 17.0 Å². The molecule has 0 aliphatic heterocycles. The Morgan fingerprint density at radius 3 is 2.59 bits per heavy atom. The number of nitrogens with one attached hydrogen (secondary N) is 1. The number of nitrogens with zero attached hydrogens (tertiary/aromatic N) is 3. The second-order valence-corrected chi connectivity index (χ2v) is 4.41. The maximum atomic E-state index is 14.2. The van der Waals surface area contributed by atoms with Crippen molar-refractivity contribution >= 4 is 0 Å². The molecular formula is C14H11FN4O3. The van der Waals surface area contributed by atoms with E-state index in [0.717, 1.165) is 21.5 Å². The molecule has 0 aliphatic carbocycles. The summed E-state index contributed by atoms with van der Waals surface area (Å²) in [5, 5.41) is 9.02. The highest BCUT2D eigenvalue weighted by molar-refractivity contribution is 5.51. The SMILES string of the molecule is C#CC(C)Oc1cc(-n2c(=O)[nH]c(=O)n2C)c(F)cc1C#N. The average Bonchev–Trinajstić information content (AvgIpc) is 2.73. The summed E-state index contributed by atoms with van der Waals surface area (Å²) in [4.78, 5) is 25.2. The molecule has 0 aliphatic rings. The first-order chi connectivity index (χ1) is 10.4. The third-order valence-electron chi connectivity index (χ3n) is 2.94. The van der Waals surface area contributed by atoms with Crippen molar-refractivity contribution in [1.82, 2.24) is 14.3 Å². The molecule has 1 unspecified atom stereocenters. The fourth-order valence-electron chi connectivity index (χ4n) is 1.84. The monoisotopic (exact) mass is 302 g/mol. The topological polar surface area (TPSA) is 92.8 Å². The van der Waals surface area contributed by atoms with Gasteiger partial charge in [-0.05, 0) is 13.0 Å². The van der Waals surface area contributed by atoms with Gasteiger partial charge in [0, 0.05) is 13.1 Å². The lowest BCUT2D eigenvalue weighted by Crippen LogP contribution is -2.23. The van der Waals surface area contributed by atoms with Crippen LogP contribution in [0.2, 0.25) is 0 Å². The number of aromatic nitrogens is 3. The van der Waals surface area contributed by atoms with Crippen molar-refractivity contribution in [1.29, 1.82) is 5.26 Å². The fourth-order valence-corrected chi connectivity index (χ4v) is 1.84. The van der Waals surface area contributed by atoms with Gasteiger partial charge in [0.05, 0.1) is 5.56 Å². The number of terminal acetylenes is 1. The van der Waals surface area contributed by atoms with E-state index in [1.165, 1.54) is 7.05 Å². The van der Waals surface area contributed by atoms with E-state index in [0.29, 0.717) is 0 Å². The Morgan fingerprint density at radius 2 is 2.09 bits per heavy atom. The third kappa shape index (κ3) is 2.50. The summed E-state index contributed by atoms with van der Waals surface area (Å²) in [5.41, 5.74) is -1.82. The molecule has 112 valence electrons. The van der Waals surface area contributed by atoms with Crippen LogP contribution in [0.3, 0.4) is 0 Å². The second-order valence-electron chi connectivity index (χ2n) is 4.41. The van der Waals surface area contributed by atoms with Gasteiger partial charge >= 0.3 is 11.4 Å². The number of aromatic amines is 1. The number of hydrogen-bond donors (Lipinski definition) is 1. The first-order valence-electron chi connectivity index (χ1n) is 6.14. The molecule has 7 nitrogen and oxygen atoms in total. The maximum Gasteiger partial charge on any atom is 0.349 e. The van der Waals surface area contributed by atoms with Gasteiger partial charge in [0.15, 0.2) is 11.9 Å². The van der Waals surface area contributed by atoms with Crippen LogP contribution in [0.1, 0.15) is 12.5 Å². The zero-order chi connectivity index (χ0) is 16.4. The van der Waals surface area contributed by atoms with E-state index in [9.17, 15) is 14.0 Å². The first kappa shape index (κ1) is 15.1. The van der Waals surface area contributed by atoms with Crippen molar-refractivity contribution in [3.05, 3.63) is 44.5 Å². The van der Waals surface area contributed by atoms with Gasteiger partial charge in [-0.25, -0.2) is 18.7 Å². The fraction of sp³-hybridized carbons (Fsp3) is 0.214. The van der Waals surface area contributed by atoms with Crippen LogP contribution in [-0.2, 0) is 7.05 Å². The molecule has 22 heavy (non-hydrogen) atoms. The third-order valence-corrected chi connectivity index (χ3v) is 2.94. The summed E-state index contributed by atoms with van der Waals surface area (Å²) in [6.45, 7) is 1.57. The molecule has 1 aromatic heterocycles. The molecule has 1 atom stereocenters. The van der Waals surface area contributed by atoms with Crippen molar-refractivity contribution in [3.8, 4) is 29.8 Å². The average molecular weight is 302 g/mol. The van der Waals surface area contributed by atoms with Crippen LogP contribution >= 0.6 is 0 Å². The highest BCUT2D eigenvalue weighted by Crippen LogP contribution is 2.25. The number of halogens is 1. The summed E-state index contributed by atoms with van der Waals surface area (Å²) < 4.78 is 21.2. The number of rotatable bonds is 3. The van der Waals surface area contributed by atoms with E-state index in [1.54, 1.807) is 13.0 Å². The van der Waals surface area contributed by atoms with Crippen LogP contribution in [0.15, 0.2) is 21.7 Å². The van der Waals surface area contributed by atoms with Crippen molar-refractivity contribution < 1.29 is 9.13 Å². The molecule has 0 saturated heterocycles. The van der Waals surface area contributed by atoms with Crippen LogP contribution in [0, 0.1) is 29.5 Å². The summed E-state index contributed by atoms with van der Waals surface area (Å²) in [6, 6.07) is 3.85. The van der Waals surface area contributed by atoms with Crippen molar-refractivity contribution in [3.63, 3.8) is 0 Å². The number of hydrogen-bond acceptors (Lipinski definition) is 4. The zero-order valence-corrected chi connectivity index (χ0v) is 11.8. The minimum atomic E-state index is -0.853. The predicted molar refractivity (Wildman–Crippen MR) is 75.2 cm³/mol. The summed E-state index contributed by atoms with van der Waals surface area (Å²) in [5.74, 6) is 1.48. The van der Waals surface area contributed by atoms with Crippen LogP contribution in [0.25, 0.3) is 5.69 Å². The Bertz CT molecular complexity index is 924. The van der Waals surface area contributed by atoms with Gasteiger partial charge in [0.2, 0.25) is 0 Å². The van der Waals surface area contributed by atoms with Crippen molar-refractivity contribution in [2.45, 2.75) is 13.0 Å². The van der Waals surface area contributed by atoms with Gasteiger partial charge in [0.1, 0.15) is 17.5 Å². The molecule has 2 rings (SSSR count). The molecule has 1 aromatic carbocycles. The van der Waals surface area contributed by atoms with Gasteiger partial charge < -0.3 is 4.74 Å². The normalized spacial score (nSPS) is 11.5. The van der Waals surface area contributed by atoms with Gasteiger partial charge in [0.25, 0.3) is 0 Å². The van der Waals surface area contributed by atoms with Crippen LogP contribution in [0.4, 0.5) is 4.39 Å². The Balaban J connectivity index is 2.71. The standard InChI is InChI=1S/C14H11FN4O3/c1-4-8(2)22-12-6-11(10(15)5-9(12)7-16)19-14(21)17-13(20)18(19)3/h1,5-6,8H,2-3H3,(H,17,20,21). The van der Waals surface area contributed by atoms with Crippen molar-refractivity contribution in [2.75, 3.05) is 0 Å². The molecule has 0 amide bonds.